The molecule has 0 bridgehead atoms. The molecule has 0 heterocycles. The van der Waals surface area contributed by atoms with Crippen LogP contribution in [0, 0.1) is 0 Å². The van der Waals surface area contributed by atoms with Crippen LogP contribution in [-0.4, -0.2) is 26.6 Å². The number of nitrogens with one attached hydrogen (secondary N) is 1. The Labute approximate surface area is 91.4 Å². The van der Waals surface area contributed by atoms with Crippen molar-refractivity contribution < 1.29 is 28.7 Å². The maximum absolute atomic E-state index is 11.1. The van der Waals surface area contributed by atoms with Gasteiger partial charge in [-0.15, -0.1) is 0 Å². The molecule has 90 valence electrons. The standard InChI is InChI=1S/C7H11NO6P2/c1-8-5-2-3-6(15(9,10)11)7(4-5)16(12,13)14/h2-4,8H,1H3,(H2,9,10,11)(H2,12,13,14). The minimum Gasteiger partial charge on any atom is -0.388 e. The van der Waals surface area contributed by atoms with Gasteiger partial charge in [-0.2, -0.15) is 0 Å². The Balaban J connectivity index is 3.52. The number of hydrogen-bond acceptors (Lipinski definition) is 3. The van der Waals surface area contributed by atoms with Crippen LogP contribution in [0.4, 0.5) is 5.69 Å². The van der Waals surface area contributed by atoms with Crippen molar-refractivity contribution in [3.8, 4) is 0 Å². The molecule has 0 aliphatic rings. The van der Waals surface area contributed by atoms with Crippen molar-refractivity contribution in [3.63, 3.8) is 0 Å². The Morgan fingerprint density at radius 2 is 1.50 bits per heavy atom. The largest absolute Gasteiger partial charge is 0.388 e. The summed E-state index contributed by atoms with van der Waals surface area (Å²) in [6.07, 6.45) is 0. The van der Waals surface area contributed by atoms with E-state index in [0.717, 1.165) is 12.1 Å². The highest BCUT2D eigenvalue weighted by Gasteiger charge is 2.30. The average molecular weight is 267 g/mol. The van der Waals surface area contributed by atoms with Crippen LogP contribution in [0.1, 0.15) is 0 Å². The number of anilines is 1. The first kappa shape index (κ1) is 13.4. The molecule has 0 aliphatic heterocycles. The van der Waals surface area contributed by atoms with Gasteiger partial charge in [-0.25, -0.2) is 0 Å². The van der Waals surface area contributed by atoms with E-state index < -0.39 is 25.8 Å². The number of benzene rings is 1. The Kier molecular flexibility index (Phi) is 3.59. The third-order valence-electron chi connectivity index (χ3n) is 1.89. The van der Waals surface area contributed by atoms with Crippen LogP contribution >= 0.6 is 15.2 Å². The van der Waals surface area contributed by atoms with Gasteiger partial charge in [-0.3, -0.25) is 9.13 Å². The van der Waals surface area contributed by atoms with Gasteiger partial charge in [0.2, 0.25) is 0 Å². The molecule has 1 aromatic rings. The molecule has 1 aromatic carbocycles. The Morgan fingerprint density at radius 1 is 1.00 bits per heavy atom. The highest BCUT2D eigenvalue weighted by molar-refractivity contribution is 7.67. The molecule has 16 heavy (non-hydrogen) atoms. The Hall–Kier alpha value is -0.680. The van der Waals surface area contributed by atoms with E-state index in [1.165, 1.54) is 13.1 Å². The van der Waals surface area contributed by atoms with Crippen molar-refractivity contribution >= 4 is 31.5 Å². The topological polar surface area (TPSA) is 127 Å². The molecule has 1 rings (SSSR count). The van der Waals surface area contributed by atoms with Gasteiger partial charge in [0.25, 0.3) is 0 Å². The van der Waals surface area contributed by atoms with Gasteiger partial charge in [-0.05, 0) is 18.2 Å². The normalized spacial score (nSPS) is 12.6. The van der Waals surface area contributed by atoms with Crippen LogP contribution in [0.5, 0.6) is 0 Å². The maximum Gasteiger partial charge on any atom is 0.357 e. The quantitative estimate of drug-likeness (QED) is 0.460. The first-order valence-corrected chi connectivity index (χ1v) is 7.33. The summed E-state index contributed by atoms with van der Waals surface area (Å²) in [6.45, 7) is 0. The molecule has 0 fully saturated rings. The monoisotopic (exact) mass is 267 g/mol. The van der Waals surface area contributed by atoms with E-state index in [1.807, 2.05) is 0 Å². The Bertz CT molecular complexity index is 490. The lowest BCUT2D eigenvalue weighted by Crippen LogP contribution is -2.25. The molecule has 0 amide bonds. The molecule has 7 nitrogen and oxygen atoms in total. The van der Waals surface area contributed by atoms with E-state index in [9.17, 15) is 9.13 Å². The van der Waals surface area contributed by atoms with Gasteiger partial charge in [0.1, 0.15) is 0 Å². The fourth-order valence-corrected chi connectivity index (χ4v) is 3.25. The molecule has 0 radical (unpaired) electrons. The second-order valence-electron chi connectivity index (χ2n) is 3.04. The van der Waals surface area contributed by atoms with E-state index in [1.54, 1.807) is 0 Å². The molecule has 0 aliphatic carbocycles. The molecule has 0 atom stereocenters. The molecular weight excluding hydrogens is 256 g/mol. The van der Waals surface area contributed by atoms with Gasteiger partial charge in [-0.1, -0.05) is 0 Å². The van der Waals surface area contributed by atoms with Gasteiger partial charge in [0.15, 0.2) is 0 Å². The first-order chi connectivity index (χ1) is 7.16. The lowest BCUT2D eigenvalue weighted by atomic mass is 10.3. The lowest BCUT2D eigenvalue weighted by Gasteiger charge is -2.13. The van der Waals surface area contributed by atoms with E-state index in [2.05, 4.69) is 5.32 Å². The highest BCUT2D eigenvalue weighted by Crippen LogP contribution is 2.40. The van der Waals surface area contributed by atoms with E-state index in [-0.39, 0.29) is 0 Å². The maximum atomic E-state index is 11.1. The molecule has 0 saturated carbocycles. The molecule has 0 aromatic heterocycles. The zero-order chi connectivity index (χ0) is 12.6. The third-order valence-corrected chi connectivity index (χ3v) is 4.08. The summed E-state index contributed by atoms with van der Waals surface area (Å²) in [4.78, 5) is 35.9. The van der Waals surface area contributed by atoms with Crippen LogP contribution in [0.3, 0.4) is 0 Å². The van der Waals surface area contributed by atoms with Crippen molar-refractivity contribution in [1.29, 1.82) is 0 Å². The van der Waals surface area contributed by atoms with Crippen LogP contribution in [-0.2, 0) is 9.13 Å². The van der Waals surface area contributed by atoms with Crippen molar-refractivity contribution in [3.05, 3.63) is 18.2 Å². The summed E-state index contributed by atoms with van der Waals surface area (Å²) >= 11 is 0. The van der Waals surface area contributed by atoms with Crippen LogP contribution in [0.25, 0.3) is 0 Å². The third kappa shape index (κ3) is 2.92. The summed E-state index contributed by atoms with van der Waals surface area (Å²) in [5.41, 5.74) is 0.357. The van der Waals surface area contributed by atoms with Gasteiger partial charge >= 0.3 is 15.2 Å². The second-order valence-corrected chi connectivity index (χ2v) is 6.18. The fourth-order valence-electron chi connectivity index (χ4n) is 1.16. The molecule has 0 spiro atoms. The van der Waals surface area contributed by atoms with Crippen LogP contribution in [0.15, 0.2) is 18.2 Å². The lowest BCUT2D eigenvalue weighted by molar-refractivity contribution is 0.381. The molecule has 9 heteroatoms. The molecular formula is C7H11NO6P2. The summed E-state index contributed by atoms with van der Waals surface area (Å²) in [6, 6.07) is 3.35. The van der Waals surface area contributed by atoms with Crippen LogP contribution in [0.2, 0.25) is 0 Å². The van der Waals surface area contributed by atoms with Gasteiger partial charge in [0.05, 0.1) is 10.6 Å². The highest BCUT2D eigenvalue weighted by atomic mass is 31.2. The van der Waals surface area contributed by atoms with Crippen molar-refractivity contribution in [2.75, 3.05) is 12.4 Å². The smallest absolute Gasteiger partial charge is 0.357 e. The van der Waals surface area contributed by atoms with E-state index in [0.29, 0.717) is 5.69 Å². The minimum atomic E-state index is -4.72. The molecule has 0 saturated heterocycles. The van der Waals surface area contributed by atoms with Crippen molar-refractivity contribution in [1.82, 2.24) is 0 Å². The predicted octanol–water partition coefficient (Wildman–Crippen LogP) is -0.666. The fraction of sp³-hybridized carbons (Fsp3) is 0.143. The average Bonchev–Trinajstić information content (AvgIpc) is 2.14. The summed E-state index contributed by atoms with van der Waals surface area (Å²) in [7, 11) is -7.90. The minimum absolute atomic E-state index is 0.357. The van der Waals surface area contributed by atoms with Gasteiger partial charge < -0.3 is 24.9 Å². The van der Waals surface area contributed by atoms with Crippen LogP contribution < -0.4 is 15.9 Å². The number of rotatable bonds is 3. The van der Waals surface area contributed by atoms with Gasteiger partial charge in [0, 0.05) is 12.7 Å². The summed E-state index contributed by atoms with van der Waals surface area (Å²) in [5.74, 6) is 0. The summed E-state index contributed by atoms with van der Waals surface area (Å²) in [5, 5.41) is 1.31. The van der Waals surface area contributed by atoms with Crippen molar-refractivity contribution in [2.45, 2.75) is 0 Å². The number of hydrogen-bond donors (Lipinski definition) is 5. The van der Waals surface area contributed by atoms with E-state index in [4.69, 9.17) is 19.6 Å². The molecule has 0 unspecified atom stereocenters. The second kappa shape index (κ2) is 4.30. The molecule has 5 N–H and O–H groups in total. The van der Waals surface area contributed by atoms with E-state index >= 15 is 0 Å². The summed E-state index contributed by atoms with van der Waals surface area (Å²) < 4.78 is 22.1. The zero-order valence-electron chi connectivity index (χ0n) is 8.23. The SMILES string of the molecule is CNc1ccc(P(=O)(O)O)c(P(=O)(O)O)c1. The predicted molar refractivity (Wildman–Crippen MR) is 59.3 cm³/mol. The Morgan fingerprint density at radius 3 is 1.88 bits per heavy atom. The van der Waals surface area contributed by atoms with Crippen molar-refractivity contribution in [2.24, 2.45) is 0 Å². The zero-order valence-corrected chi connectivity index (χ0v) is 10.0. The first-order valence-electron chi connectivity index (χ1n) is 4.10.